The molecule has 26 heavy (non-hydrogen) atoms. The van der Waals surface area contributed by atoms with Crippen molar-refractivity contribution in [3.63, 3.8) is 0 Å². The van der Waals surface area contributed by atoms with Gasteiger partial charge in [-0.2, -0.15) is 0 Å². The number of aromatic nitrogens is 3. The van der Waals surface area contributed by atoms with Crippen LogP contribution in [0, 0.1) is 0 Å². The van der Waals surface area contributed by atoms with E-state index in [1.54, 1.807) is 27.5 Å². The zero-order chi connectivity index (χ0) is 18.1. The molecule has 2 aromatic rings. The Bertz CT molecular complexity index is 753. The molecule has 1 aromatic carbocycles. The van der Waals surface area contributed by atoms with Crippen molar-refractivity contribution in [1.82, 2.24) is 19.9 Å². The lowest BCUT2D eigenvalue weighted by atomic mass is 9.99. The summed E-state index contributed by atoms with van der Waals surface area (Å²) >= 11 is 0. The Kier molecular flexibility index (Phi) is 4.69. The zero-order valence-electron chi connectivity index (χ0n) is 15.3. The van der Waals surface area contributed by atoms with Crippen molar-refractivity contribution in [2.24, 2.45) is 0 Å². The first-order valence-electron chi connectivity index (χ1n) is 8.75. The molecule has 2 atom stereocenters. The van der Waals surface area contributed by atoms with Crippen LogP contribution in [0.5, 0.6) is 17.2 Å². The van der Waals surface area contributed by atoms with Crippen molar-refractivity contribution >= 4 is 0 Å². The lowest BCUT2D eigenvalue weighted by molar-refractivity contribution is -0.0671. The number of rotatable bonds is 5. The van der Waals surface area contributed by atoms with E-state index >= 15 is 0 Å². The van der Waals surface area contributed by atoms with Crippen molar-refractivity contribution in [2.75, 3.05) is 34.4 Å². The molecule has 4 rings (SSSR count). The molecule has 2 aliphatic heterocycles. The van der Waals surface area contributed by atoms with Crippen LogP contribution >= 0.6 is 0 Å². The summed E-state index contributed by atoms with van der Waals surface area (Å²) in [7, 11) is 4.97. The number of nitrogens with zero attached hydrogens (tertiary/aromatic N) is 4. The van der Waals surface area contributed by atoms with E-state index in [0.29, 0.717) is 12.4 Å². The quantitative estimate of drug-likeness (QED) is 0.803. The van der Waals surface area contributed by atoms with Crippen LogP contribution in [0.1, 0.15) is 23.7 Å². The van der Waals surface area contributed by atoms with Gasteiger partial charge in [0.15, 0.2) is 0 Å². The van der Waals surface area contributed by atoms with Crippen molar-refractivity contribution in [2.45, 2.75) is 31.7 Å². The third-order valence-electron chi connectivity index (χ3n) is 5.21. The van der Waals surface area contributed by atoms with E-state index < -0.39 is 0 Å². The van der Waals surface area contributed by atoms with E-state index in [9.17, 15) is 0 Å². The van der Waals surface area contributed by atoms with E-state index in [1.165, 1.54) is 0 Å². The topological polar surface area (TPSA) is 70.9 Å². The largest absolute Gasteiger partial charge is 0.496 e. The average molecular weight is 360 g/mol. The third kappa shape index (κ3) is 2.99. The molecule has 0 N–H and O–H groups in total. The number of hydrogen-bond acceptors (Lipinski definition) is 7. The molecule has 8 nitrogen and oxygen atoms in total. The number of benzene rings is 1. The van der Waals surface area contributed by atoms with E-state index in [2.05, 4.69) is 15.2 Å². The SMILES string of the molecule is COc1cc(OC)c(CN2CC[C@@H]3OCc4cnnn4[C@H]3C2)c(OC)c1. The first-order chi connectivity index (χ1) is 12.7. The van der Waals surface area contributed by atoms with Gasteiger partial charge < -0.3 is 18.9 Å². The maximum atomic E-state index is 5.99. The first kappa shape index (κ1) is 17.1. The highest BCUT2D eigenvalue weighted by atomic mass is 16.5. The van der Waals surface area contributed by atoms with Crippen LogP contribution in [0.25, 0.3) is 0 Å². The lowest BCUT2D eigenvalue weighted by Gasteiger charge is -2.41. The second-order valence-electron chi connectivity index (χ2n) is 6.62. The van der Waals surface area contributed by atoms with E-state index in [0.717, 1.165) is 48.8 Å². The van der Waals surface area contributed by atoms with Gasteiger partial charge in [-0.1, -0.05) is 5.21 Å². The Morgan fingerprint density at radius 1 is 1.15 bits per heavy atom. The van der Waals surface area contributed by atoms with Crippen molar-refractivity contribution in [1.29, 1.82) is 0 Å². The molecule has 1 aromatic heterocycles. The molecule has 140 valence electrons. The zero-order valence-corrected chi connectivity index (χ0v) is 15.3. The van der Waals surface area contributed by atoms with Gasteiger partial charge in [0, 0.05) is 31.8 Å². The maximum Gasteiger partial charge on any atom is 0.130 e. The van der Waals surface area contributed by atoms with E-state index in [1.807, 2.05) is 16.8 Å². The Morgan fingerprint density at radius 2 is 1.92 bits per heavy atom. The molecule has 0 unspecified atom stereocenters. The van der Waals surface area contributed by atoms with Crippen molar-refractivity contribution in [3.8, 4) is 17.2 Å². The summed E-state index contributed by atoms with van der Waals surface area (Å²) in [6.07, 6.45) is 2.94. The fraction of sp³-hybridized carbons (Fsp3) is 0.556. The Labute approximate surface area is 152 Å². The molecule has 3 heterocycles. The van der Waals surface area contributed by atoms with Crippen LogP contribution in [0.4, 0.5) is 0 Å². The standard InChI is InChI=1S/C18H24N4O4/c1-23-13-6-17(24-2)14(18(7-13)25-3)9-21-5-4-16-15(10-21)22-12(11-26-16)8-19-20-22/h6-8,15-16H,4-5,9-11H2,1-3H3/t15-,16-/m0/s1. The molecule has 1 saturated heterocycles. The number of methoxy groups -OCH3 is 3. The van der Waals surface area contributed by atoms with Gasteiger partial charge in [-0.25, -0.2) is 4.68 Å². The van der Waals surface area contributed by atoms with Crippen LogP contribution in [-0.2, 0) is 17.9 Å². The summed E-state index contributed by atoms with van der Waals surface area (Å²) in [5, 5.41) is 8.31. The molecule has 2 aliphatic rings. The Balaban J connectivity index is 1.57. The first-order valence-corrected chi connectivity index (χ1v) is 8.75. The fourth-order valence-electron chi connectivity index (χ4n) is 3.85. The van der Waals surface area contributed by atoms with Gasteiger partial charge in [0.25, 0.3) is 0 Å². The average Bonchev–Trinajstić information content (AvgIpc) is 3.17. The summed E-state index contributed by atoms with van der Waals surface area (Å²) in [6, 6.07) is 3.97. The van der Waals surface area contributed by atoms with Gasteiger partial charge in [-0.05, 0) is 6.42 Å². The molecule has 8 heteroatoms. The molecule has 0 bridgehead atoms. The van der Waals surface area contributed by atoms with Crippen LogP contribution in [0.3, 0.4) is 0 Å². The highest BCUT2D eigenvalue weighted by molar-refractivity contribution is 5.50. The number of piperidine rings is 1. The van der Waals surface area contributed by atoms with Gasteiger partial charge >= 0.3 is 0 Å². The van der Waals surface area contributed by atoms with Gasteiger partial charge in [0.1, 0.15) is 17.2 Å². The van der Waals surface area contributed by atoms with E-state index in [-0.39, 0.29) is 12.1 Å². The Hall–Kier alpha value is -2.32. The normalized spacial score (nSPS) is 22.4. The second kappa shape index (κ2) is 7.13. The minimum atomic E-state index is 0.185. The third-order valence-corrected chi connectivity index (χ3v) is 5.21. The van der Waals surface area contributed by atoms with Gasteiger partial charge in [-0.3, -0.25) is 4.90 Å². The summed E-state index contributed by atoms with van der Waals surface area (Å²) in [5.74, 6) is 2.25. The molecule has 0 amide bonds. The molecule has 0 radical (unpaired) electrons. The minimum absolute atomic E-state index is 0.185. The van der Waals surface area contributed by atoms with Gasteiger partial charge in [0.2, 0.25) is 0 Å². The molecule has 1 fully saturated rings. The summed E-state index contributed by atoms with van der Waals surface area (Å²) in [5.41, 5.74) is 2.05. The van der Waals surface area contributed by atoms with Crippen LogP contribution < -0.4 is 14.2 Å². The smallest absolute Gasteiger partial charge is 0.130 e. The number of likely N-dealkylation sites (tertiary alicyclic amines) is 1. The molecular weight excluding hydrogens is 336 g/mol. The van der Waals surface area contributed by atoms with Crippen molar-refractivity contribution < 1.29 is 18.9 Å². The predicted octanol–water partition coefficient (Wildman–Crippen LogP) is 1.65. The number of ether oxygens (including phenoxy) is 4. The van der Waals surface area contributed by atoms with E-state index in [4.69, 9.17) is 18.9 Å². The minimum Gasteiger partial charge on any atom is -0.496 e. The highest BCUT2D eigenvalue weighted by Crippen LogP contribution is 2.37. The van der Waals surface area contributed by atoms with Crippen LogP contribution in [0.15, 0.2) is 18.3 Å². The molecule has 0 saturated carbocycles. The molecular formula is C18H24N4O4. The summed E-state index contributed by atoms with van der Waals surface area (Å²) in [6.45, 7) is 3.11. The van der Waals surface area contributed by atoms with Gasteiger partial charge in [-0.15, -0.1) is 5.10 Å². The van der Waals surface area contributed by atoms with Crippen LogP contribution in [-0.4, -0.2) is 60.4 Å². The summed E-state index contributed by atoms with van der Waals surface area (Å²) in [4.78, 5) is 2.38. The highest BCUT2D eigenvalue weighted by Gasteiger charge is 2.36. The monoisotopic (exact) mass is 360 g/mol. The van der Waals surface area contributed by atoms with Gasteiger partial charge in [0.05, 0.1) is 57.5 Å². The van der Waals surface area contributed by atoms with Crippen LogP contribution in [0.2, 0.25) is 0 Å². The predicted molar refractivity (Wildman–Crippen MR) is 93.6 cm³/mol. The maximum absolute atomic E-state index is 5.99. The molecule has 0 aliphatic carbocycles. The Morgan fingerprint density at radius 3 is 2.62 bits per heavy atom. The van der Waals surface area contributed by atoms with Crippen molar-refractivity contribution in [3.05, 3.63) is 29.6 Å². The summed E-state index contributed by atoms with van der Waals surface area (Å²) < 4.78 is 24.5. The second-order valence-corrected chi connectivity index (χ2v) is 6.62. The number of hydrogen-bond donors (Lipinski definition) is 0. The molecule has 0 spiro atoms. The fourth-order valence-corrected chi connectivity index (χ4v) is 3.85. The lowest BCUT2D eigenvalue weighted by Crippen LogP contribution is -2.47. The number of fused-ring (bicyclic) bond motifs is 3.